The van der Waals surface area contributed by atoms with Crippen molar-refractivity contribution in [2.24, 2.45) is 0 Å². The van der Waals surface area contributed by atoms with Crippen molar-refractivity contribution in [2.45, 2.75) is 11.5 Å². The van der Waals surface area contributed by atoms with Crippen molar-refractivity contribution in [1.29, 1.82) is 0 Å². The Bertz CT molecular complexity index is 1720. The number of fused-ring (bicyclic) bond motifs is 1. The molecule has 0 bridgehead atoms. The normalized spacial score (nSPS) is 11.7. The van der Waals surface area contributed by atoms with E-state index >= 15 is 0 Å². The molecular formula is C23H16ClF2N7O3S. The minimum Gasteiger partial charge on any atom is -0.435 e. The molecule has 4 aromatic heterocycles. The molecule has 0 saturated heterocycles. The second-order valence-corrected chi connectivity index (χ2v) is 9.64. The number of benzene rings is 1. The molecule has 0 atom stereocenters. The number of nitrogens with one attached hydrogen (secondary N) is 1. The monoisotopic (exact) mass is 543 g/mol. The van der Waals surface area contributed by atoms with Crippen LogP contribution in [0.15, 0.2) is 78.1 Å². The second-order valence-electron chi connectivity index (χ2n) is 7.60. The number of nitrogens with zero attached hydrogens (tertiary/aromatic N) is 5. The first kappa shape index (κ1) is 24.3. The number of pyridine rings is 2. The first-order valence-corrected chi connectivity index (χ1v) is 12.4. The van der Waals surface area contributed by atoms with E-state index in [9.17, 15) is 17.2 Å². The van der Waals surface area contributed by atoms with Gasteiger partial charge >= 0.3 is 6.61 Å². The smallest absolute Gasteiger partial charge is 0.387 e. The van der Waals surface area contributed by atoms with Crippen LogP contribution in [0.1, 0.15) is 0 Å². The minimum absolute atomic E-state index is 0.0427. The van der Waals surface area contributed by atoms with Crippen LogP contribution >= 0.6 is 11.6 Å². The highest BCUT2D eigenvalue weighted by atomic mass is 35.5. The fraction of sp³-hybridized carbons (Fsp3) is 0.0435. The van der Waals surface area contributed by atoms with E-state index in [4.69, 9.17) is 17.3 Å². The number of aromatic nitrogens is 5. The summed E-state index contributed by atoms with van der Waals surface area (Å²) < 4.78 is 59.1. The third kappa shape index (κ3) is 4.99. The molecule has 14 heteroatoms. The summed E-state index contributed by atoms with van der Waals surface area (Å²) in [5.41, 5.74) is 8.68. The first-order chi connectivity index (χ1) is 17.7. The van der Waals surface area contributed by atoms with Gasteiger partial charge in [0.15, 0.2) is 16.6 Å². The van der Waals surface area contributed by atoms with Gasteiger partial charge in [0.2, 0.25) is 0 Å². The Hall–Kier alpha value is -4.36. The minimum atomic E-state index is -4.23. The van der Waals surface area contributed by atoms with Crippen LogP contribution in [0.3, 0.4) is 0 Å². The van der Waals surface area contributed by atoms with Crippen molar-refractivity contribution in [2.75, 3.05) is 10.5 Å². The zero-order chi connectivity index (χ0) is 26.2. The summed E-state index contributed by atoms with van der Waals surface area (Å²) in [7, 11) is -4.23. The van der Waals surface area contributed by atoms with Gasteiger partial charge in [-0.15, -0.1) is 0 Å². The van der Waals surface area contributed by atoms with Crippen molar-refractivity contribution in [3.05, 3.63) is 78.3 Å². The maximum atomic E-state index is 12.9. The number of nitrogens with two attached hydrogens (primary N) is 1. The standard InChI is InChI=1S/C23H16ClF2N7O3S/c24-21-18(32-37(34,35)16-5-1-4-15(10-16)36-23(25)26)9-14(12-29-21)17-6-7-19-30-22(27)20(33(19)31-17)13-3-2-8-28-11-13/h1-12,23,32H,27H2. The van der Waals surface area contributed by atoms with Gasteiger partial charge in [-0.3, -0.25) is 9.71 Å². The highest BCUT2D eigenvalue weighted by Crippen LogP contribution is 2.31. The average molecular weight is 544 g/mol. The van der Waals surface area contributed by atoms with Crippen molar-refractivity contribution in [3.8, 4) is 28.3 Å². The predicted molar refractivity (Wildman–Crippen MR) is 133 cm³/mol. The summed E-state index contributed by atoms with van der Waals surface area (Å²) in [5, 5.41) is 4.48. The zero-order valence-electron chi connectivity index (χ0n) is 18.6. The van der Waals surface area contributed by atoms with E-state index in [0.29, 0.717) is 28.2 Å². The Kier molecular flexibility index (Phi) is 6.31. The van der Waals surface area contributed by atoms with Gasteiger partial charge in [-0.2, -0.15) is 13.9 Å². The number of halogens is 3. The number of rotatable bonds is 7. The summed E-state index contributed by atoms with van der Waals surface area (Å²) >= 11 is 6.16. The van der Waals surface area contributed by atoms with E-state index in [-0.39, 0.29) is 27.3 Å². The van der Waals surface area contributed by atoms with E-state index in [1.807, 2.05) is 6.07 Å². The van der Waals surface area contributed by atoms with Crippen LogP contribution in [-0.2, 0) is 10.0 Å². The summed E-state index contributed by atoms with van der Waals surface area (Å²) in [6.07, 6.45) is 4.69. The molecule has 5 aromatic rings. The lowest BCUT2D eigenvalue weighted by Crippen LogP contribution is -2.14. The molecule has 4 heterocycles. The second kappa shape index (κ2) is 9.59. The molecule has 1 aromatic carbocycles. The molecule has 5 rings (SSSR count). The van der Waals surface area contributed by atoms with Gasteiger partial charge in [0.05, 0.1) is 16.3 Å². The van der Waals surface area contributed by atoms with Crippen molar-refractivity contribution >= 4 is 38.8 Å². The van der Waals surface area contributed by atoms with Gasteiger partial charge in [-0.1, -0.05) is 17.7 Å². The molecular weight excluding hydrogens is 528 g/mol. The number of sulfonamides is 1. The van der Waals surface area contributed by atoms with Crippen molar-refractivity contribution < 1.29 is 21.9 Å². The number of hydrogen-bond donors (Lipinski definition) is 2. The fourth-order valence-electron chi connectivity index (χ4n) is 3.56. The zero-order valence-corrected chi connectivity index (χ0v) is 20.2. The van der Waals surface area contributed by atoms with Gasteiger partial charge in [0, 0.05) is 35.8 Å². The Morgan fingerprint density at radius 3 is 2.65 bits per heavy atom. The fourth-order valence-corrected chi connectivity index (χ4v) is 4.86. The number of alkyl halides is 2. The van der Waals surface area contributed by atoms with E-state index in [1.54, 1.807) is 35.1 Å². The summed E-state index contributed by atoms with van der Waals surface area (Å²) in [5.74, 6) is -0.0456. The third-order valence-corrected chi connectivity index (χ3v) is 6.82. The Morgan fingerprint density at radius 2 is 1.89 bits per heavy atom. The van der Waals surface area contributed by atoms with Crippen LogP contribution < -0.4 is 15.2 Å². The number of anilines is 2. The number of ether oxygens (including phenoxy) is 1. The molecule has 0 aliphatic rings. The summed E-state index contributed by atoms with van der Waals surface area (Å²) in [6, 6.07) is 13.1. The lowest BCUT2D eigenvalue weighted by Gasteiger charge is -2.12. The summed E-state index contributed by atoms with van der Waals surface area (Å²) in [6.45, 7) is -3.10. The van der Waals surface area contributed by atoms with Crippen LogP contribution in [0, 0.1) is 0 Å². The predicted octanol–water partition coefficient (Wildman–Crippen LogP) is 4.49. The summed E-state index contributed by atoms with van der Waals surface area (Å²) in [4.78, 5) is 12.2. The van der Waals surface area contributed by atoms with Crippen LogP contribution in [-0.4, -0.2) is 39.6 Å². The van der Waals surface area contributed by atoms with Crippen molar-refractivity contribution in [3.63, 3.8) is 0 Å². The average Bonchev–Trinajstić information content (AvgIpc) is 3.20. The Morgan fingerprint density at radius 1 is 1.05 bits per heavy atom. The third-order valence-electron chi connectivity index (χ3n) is 5.16. The molecule has 10 nitrogen and oxygen atoms in total. The number of nitrogen functional groups attached to an aromatic ring is 1. The van der Waals surface area contributed by atoms with E-state index < -0.39 is 16.6 Å². The molecule has 0 amide bonds. The lowest BCUT2D eigenvalue weighted by atomic mass is 10.2. The number of imidazole rings is 1. The molecule has 188 valence electrons. The quantitative estimate of drug-likeness (QED) is 0.286. The topological polar surface area (TPSA) is 137 Å². The Balaban J connectivity index is 1.51. The Labute approximate surface area is 213 Å². The largest absolute Gasteiger partial charge is 0.435 e. The van der Waals surface area contributed by atoms with E-state index in [2.05, 4.69) is 29.5 Å². The molecule has 37 heavy (non-hydrogen) atoms. The maximum absolute atomic E-state index is 12.9. The molecule has 0 fully saturated rings. The maximum Gasteiger partial charge on any atom is 0.387 e. The lowest BCUT2D eigenvalue weighted by molar-refractivity contribution is -0.0499. The van der Waals surface area contributed by atoms with Crippen molar-refractivity contribution in [1.82, 2.24) is 24.6 Å². The molecule has 0 saturated carbocycles. The van der Waals surface area contributed by atoms with Gasteiger partial charge in [0.25, 0.3) is 10.0 Å². The SMILES string of the molecule is Nc1nc2ccc(-c3cnc(Cl)c(NS(=O)(=O)c4cccc(OC(F)F)c4)c3)nn2c1-c1cccnc1. The molecule has 0 spiro atoms. The van der Waals surface area contributed by atoms with E-state index in [1.165, 1.54) is 30.5 Å². The number of hydrogen-bond acceptors (Lipinski definition) is 8. The van der Waals surface area contributed by atoms with Crippen LogP contribution in [0.25, 0.3) is 28.2 Å². The molecule has 0 aliphatic carbocycles. The highest BCUT2D eigenvalue weighted by Gasteiger charge is 2.20. The molecule has 3 N–H and O–H groups in total. The van der Waals surface area contributed by atoms with Gasteiger partial charge in [0.1, 0.15) is 11.4 Å². The molecule has 0 aliphatic heterocycles. The van der Waals surface area contributed by atoms with Gasteiger partial charge < -0.3 is 10.5 Å². The van der Waals surface area contributed by atoms with Gasteiger partial charge in [-0.25, -0.2) is 22.9 Å². The molecule has 0 unspecified atom stereocenters. The highest BCUT2D eigenvalue weighted by molar-refractivity contribution is 7.92. The van der Waals surface area contributed by atoms with Crippen LogP contribution in [0.4, 0.5) is 20.3 Å². The van der Waals surface area contributed by atoms with Crippen LogP contribution in [0.5, 0.6) is 5.75 Å². The molecule has 0 radical (unpaired) electrons. The van der Waals surface area contributed by atoms with E-state index in [0.717, 1.165) is 6.07 Å². The first-order valence-electron chi connectivity index (χ1n) is 10.5. The van der Waals surface area contributed by atoms with Crippen LogP contribution in [0.2, 0.25) is 5.15 Å². The van der Waals surface area contributed by atoms with Gasteiger partial charge in [-0.05, 0) is 42.5 Å².